The smallest absolute Gasteiger partial charge is 0.271 e. The van der Waals surface area contributed by atoms with Crippen molar-refractivity contribution in [2.45, 2.75) is 13.2 Å². The van der Waals surface area contributed by atoms with Gasteiger partial charge >= 0.3 is 0 Å². The fraction of sp³-hybridized carbons (Fsp3) is 0.188. The molecule has 39 heavy (non-hydrogen) atoms. The largest absolute Gasteiger partial charge is 0.489 e. The Balaban J connectivity index is 1.05. The highest BCUT2D eigenvalue weighted by atomic mass is 35.5. The van der Waals surface area contributed by atoms with Crippen LogP contribution in [0.3, 0.4) is 0 Å². The highest BCUT2D eigenvalue weighted by Crippen LogP contribution is 2.18. The maximum atomic E-state index is 12.5. The minimum atomic E-state index is -0.240. The molecule has 198 valence electrons. The van der Waals surface area contributed by atoms with Crippen LogP contribution in [0.2, 0.25) is 5.02 Å². The van der Waals surface area contributed by atoms with Crippen molar-refractivity contribution in [3.05, 3.63) is 130 Å². The molecule has 0 bridgehead atoms. The van der Waals surface area contributed by atoms with E-state index in [0.29, 0.717) is 17.2 Å². The van der Waals surface area contributed by atoms with Crippen LogP contribution in [-0.4, -0.2) is 43.2 Å². The van der Waals surface area contributed by atoms with Gasteiger partial charge in [0.05, 0.1) is 6.21 Å². The molecule has 5 rings (SSSR count). The molecular weight excluding hydrogens is 508 g/mol. The SMILES string of the molecule is O=C(N/N=C\c1ccc(OCc2cccc(Cl)c2)cc1)c1ccc(CN2CCN(c3ccccc3)CC2)cc1. The summed E-state index contributed by atoms with van der Waals surface area (Å²) in [5.41, 5.74) is 7.52. The summed E-state index contributed by atoms with van der Waals surface area (Å²) in [6.07, 6.45) is 1.61. The molecule has 0 radical (unpaired) electrons. The van der Waals surface area contributed by atoms with Crippen molar-refractivity contribution in [3.8, 4) is 5.75 Å². The van der Waals surface area contributed by atoms with Crippen LogP contribution >= 0.6 is 11.6 Å². The Morgan fingerprint density at radius 2 is 1.59 bits per heavy atom. The zero-order valence-corrected chi connectivity index (χ0v) is 22.4. The number of nitrogens with zero attached hydrogens (tertiary/aromatic N) is 3. The van der Waals surface area contributed by atoms with E-state index < -0.39 is 0 Å². The monoisotopic (exact) mass is 538 g/mol. The molecule has 0 spiro atoms. The number of hydrazone groups is 1. The van der Waals surface area contributed by atoms with Gasteiger partial charge in [-0.05, 0) is 77.4 Å². The normalized spacial score (nSPS) is 13.9. The predicted octanol–water partition coefficient (Wildman–Crippen LogP) is 6.01. The van der Waals surface area contributed by atoms with E-state index in [2.05, 4.69) is 50.7 Å². The van der Waals surface area contributed by atoms with Gasteiger partial charge in [-0.3, -0.25) is 9.69 Å². The van der Waals surface area contributed by atoms with Gasteiger partial charge in [0, 0.05) is 49.0 Å². The third kappa shape index (κ3) is 7.69. The topological polar surface area (TPSA) is 57.2 Å². The molecule has 6 nitrogen and oxygen atoms in total. The number of carbonyl (C=O) groups excluding carboxylic acids is 1. The van der Waals surface area contributed by atoms with Crippen molar-refractivity contribution in [1.29, 1.82) is 0 Å². The number of hydrogen-bond donors (Lipinski definition) is 1. The second-order valence-electron chi connectivity index (χ2n) is 9.48. The highest BCUT2D eigenvalue weighted by Gasteiger charge is 2.17. The maximum Gasteiger partial charge on any atom is 0.271 e. The number of benzene rings is 4. The molecule has 4 aromatic carbocycles. The van der Waals surface area contributed by atoms with Crippen LogP contribution in [0.4, 0.5) is 5.69 Å². The van der Waals surface area contributed by atoms with Crippen molar-refractivity contribution in [3.63, 3.8) is 0 Å². The first-order chi connectivity index (χ1) is 19.1. The van der Waals surface area contributed by atoms with Gasteiger partial charge in [0.2, 0.25) is 0 Å². The molecule has 0 aliphatic carbocycles. The number of carbonyl (C=O) groups is 1. The molecule has 1 aliphatic heterocycles. The van der Waals surface area contributed by atoms with E-state index in [0.717, 1.165) is 49.6 Å². The molecule has 1 heterocycles. The standard InChI is InChI=1S/C32H31ClN4O2/c33-29-6-4-5-27(21-29)24-39-31-15-11-25(12-16-31)22-34-35-32(38)28-13-9-26(10-14-28)23-36-17-19-37(20-18-36)30-7-2-1-3-8-30/h1-16,21-22H,17-20,23-24H2,(H,35,38)/b34-22-. The van der Waals surface area contributed by atoms with Crippen LogP contribution in [0.5, 0.6) is 5.75 Å². The molecule has 1 aliphatic rings. The van der Waals surface area contributed by atoms with Crippen molar-refractivity contribution in [2.24, 2.45) is 5.10 Å². The molecule has 1 amide bonds. The molecule has 1 saturated heterocycles. The Kier molecular flexibility index (Phi) is 8.89. The van der Waals surface area contributed by atoms with Gasteiger partial charge in [0.1, 0.15) is 12.4 Å². The predicted molar refractivity (Wildman–Crippen MR) is 158 cm³/mol. The van der Waals surface area contributed by atoms with Crippen molar-refractivity contribution >= 4 is 29.4 Å². The molecule has 0 unspecified atom stereocenters. The number of piperazine rings is 1. The van der Waals surface area contributed by atoms with Gasteiger partial charge in [0.15, 0.2) is 0 Å². The molecule has 1 fully saturated rings. The lowest BCUT2D eigenvalue weighted by Crippen LogP contribution is -2.45. The number of nitrogens with one attached hydrogen (secondary N) is 1. The first kappa shape index (κ1) is 26.5. The lowest BCUT2D eigenvalue weighted by atomic mass is 10.1. The zero-order valence-electron chi connectivity index (χ0n) is 21.7. The number of amides is 1. The fourth-order valence-corrected chi connectivity index (χ4v) is 4.71. The highest BCUT2D eigenvalue weighted by molar-refractivity contribution is 6.30. The summed E-state index contributed by atoms with van der Waals surface area (Å²) in [5, 5.41) is 4.79. The lowest BCUT2D eigenvalue weighted by molar-refractivity contribution is 0.0955. The van der Waals surface area contributed by atoms with Crippen LogP contribution in [-0.2, 0) is 13.2 Å². The lowest BCUT2D eigenvalue weighted by Gasteiger charge is -2.36. The summed E-state index contributed by atoms with van der Waals surface area (Å²) in [6.45, 7) is 5.37. The minimum Gasteiger partial charge on any atom is -0.489 e. The summed E-state index contributed by atoms with van der Waals surface area (Å²) in [6, 6.07) is 33.4. The summed E-state index contributed by atoms with van der Waals surface area (Å²) >= 11 is 6.02. The van der Waals surface area contributed by atoms with E-state index in [4.69, 9.17) is 16.3 Å². The molecule has 7 heteroatoms. The number of ether oxygens (including phenoxy) is 1. The Labute approximate surface area is 234 Å². The second-order valence-corrected chi connectivity index (χ2v) is 9.92. The maximum absolute atomic E-state index is 12.5. The van der Waals surface area contributed by atoms with E-state index in [1.165, 1.54) is 11.3 Å². The summed E-state index contributed by atoms with van der Waals surface area (Å²) < 4.78 is 5.81. The van der Waals surface area contributed by atoms with Crippen LogP contribution in [0.25, 0.3) is 0 Å². The quantitative estimate of drug-likeness (QED) is 0.210. The van der Waals surface area contributed by atoms with E-state index in [1.54, 1.807) is 6.21 Å². The number of rotatable bonds is 9. The van der Waals surface area contributed by atoms with Crippen molar-refractivity contribution in [1.82, 2.24) is 10.3 Å². The summed E-state index contributed by atoms with van der Waals surface area (Å²) in [5.74, 6) is 0.505. The fourth-order valence-electron chi connectivity index (χ4n) is 4.50. The van der Waals surface area contributed by atoms with Gasteiger partial charge in [-0.1, -0.05) is 54.1 Å². The summed E-state index contributed by atoms with van der Waals surface area (Å²) in [7, 11) is 0. The first-order valence-corrected chi connectivity index (χ1v) is 13.4. The Morgan fingerprint density at radius 1 is 0.846 bits per heavy atom. The average molecular weight is 539 g/mol. The second kappa shape index (κ2) is 13.1. The Morgan fingerprint density at radius 3 is 2.31 bits per heavy atom. The minimum absolute atomic E-state index is 0.240. The average Bonchev–Trinajstić information content (AvgIpc) is 2.98. The summed E-state index contributed by atoms with van der Waals surface area (Å²) in [4.78, 5) is 17.4. The van der Waals surface area contributed by atoms with Crippen molar-refractivity contribution in [2.75, 3.05) is 31.1 Å². The molecule has 4 aromatic rings. The van der Waals surface area contributed by atoms with Gasteiger partial charge < -0.3 is 9.64 Å². The zero-order chi connectivity index (χ0) is 26.9. The number of halogens is 1. The van der Waals surface area contributed by atoms with E-state index in [-0.39, 0.29) is 5.91 Å². The van der Waals surface area contributed by atoms with Crippen LogP contribution in [0.15, 0.2) is 108 Å². The Bertz CT molecular complexity index is 1380. The molecule has 1 N–H and O–H groups in total. The Hall–Kier alpha value is -4.13. The van der Waals surface area contributed by atoms with Gasteiger partial charge in [-0.15, -0.1) is 0 Å². The molecule has 0 atom stereocenters. The van der Waals surface area contributed by atoms with E-state index in [9.17, 15) is 4.79 Å². The first-order valence-electron chi connectivity index (χ1n) is 13.0. The van der Waals surface area contributed by atoms with Crippen molar-refractivity contribution < 1.29 is 9.53 Å². The molecule has 0 aromatic heterocycles. The third-order valence-electron chi connectivity index (χ3n) is 6.67. The van der Waals surface area contributed by atoms with Crippen LogP contribution < -0.4 is 15.1 Å². The molecule has 0 saturated carbocycles. The van der Waals surface area contributed by atoms with E-state index in [1.807, 2.05) is 72.8 Å². The van der Waals surface area contributed by atoms with Crippen LogP contribution in [0.1, 0.15) is 27.0 Å². The number of hydrogen-bond acceptors (Lipinski definition) is 5. The van der Waals surface area contributed by atoms with Gasteiger partial charge in [-0.2, -0.15) is 5.10 Å². The molecular formula is C32H31ClN4O2. The van der Waals surface area contributed by atoms with Gasteiger partial charge in [-0.25, -0.2) is 5.43 Å². The number of anilines is 1. The number of para-hydroxylation sites is 1. The van der Waals surface area contributed by atoms with Crippen LogP contribution in [0, 0.1) is 0 Å². The van der Waals surface area contributed by atoms with E-state index >= 15 is 0 Å². The van der Waals surface area contributed by atoms with Gasteiger partial charge in [0.25, 0.3) is 5.91 Å². The third-order valence-corrected chi connectivity index (χ3v) is 6.91.